The van der Waals surface area contributed by atoms with Crippen LogP contribution in [0.2, 0.25) is 0 Å². The summed E-state index contributed by atoms with van der Waals surface area (Å²) < 4.78 is 5.19. The second-order valence-corrected chi connectivity index (χ2v) is 3.39. The van der Waals surface area contributed by atoms with Gasteiger partial charge in [0, 0.05) is 12.5 Å². The van der Waals surface area contributed by atoms with Crippen LogP contribution >= 0.6 is 0 Å². The van der Waals surface area contributed by atoms with Crippen LogP contribution in [-0.2, 0) is 12.8 Å². The molecule has 0 aliphatic rings. The normalized spacial score (nSPS) is 10.4. The third-order valence-electron chi connectivity index (χ3n) is 2.29. The maximum atomic E-state index is 9.53. The van der Waals surface area contributed by atoms with E-state index in [9.17, 15) is 5.11 Å². The minimum atomic E-state index is 0.0780. The van der Waals surface area contributed by atoms with E-state index in [4.69, 9.17) is 9.52 Å². The third kappa shape index (κ3) is 2.31. The summed E-state index contributed by atoms with van der Waals surface area (Å²) >= 11 is 0. The van der Waals surface area contributed by atoms with Crippen molar-refractivity contribution in [1.29, 1.82) is 0 Å². The van der Waals surface area contributed by atoms with Crippen LogP contribution in [0.25, 0.3) is 0 Å². The molecule has 0 unspecified atom stereocenters. The van der Waals surface area contributed by atoms with Crippen molar-refractivity contribution in [2.75, 3.05) is 0 Å². The molecule has 0 fully saturated rings. The highest BCUT2D eigenvalue weighted by Gasteiger charge is 2.03. The molecule has 1 aromatic heterocycles. The Morgan fingerprint density at radius 3 is 2.60 bits per heavy atom. The number of furan rings is 1. The van der Waals surface area contributed by atoms with Crippen LogP contribution in [-0.4, -0.2) is 10.2 Å². The van der Waals surface area contributed by atoms with E-state index in [0.717, 1.165) is 17.7 Å². The van der Waals surface area contributed by atoms with Gasteiger partial charge in [-0.3, -0.25) is 0 Å². The molecule has 1 heterocycles. The number of aryl methyl sites for hydroxylation is 2. The molecule has 0 saturated carbocycles. The summed E-state index contributed by atoms with van der Waals surface area (Å²) in [5.74, 6) is 1.10. The van der Waals surface area contributed by atoms with Gasteiger partial charge in [-0.2, -0.15) is 0 Å². The molecule has 2 N–H and O–H groups in total. The number of rotatable bonds is 3. The standard InChI is InChI=1S/C12H12O3/c13-10-5-3-9(12(14)8-10)4-6-11-2-1-7-15-11/h1-3,5,7-8,13-14H,4,6H2. The van der Waals surface area contributed by atoms with Crippen molar-refractivity contribution in [3.63, 3.8) is 0 Å². The van der Waals surface area contributed by atoms with E-state index in [2.05, 4.69) is 0 Å². The smallest absolute Gasteiger partial charge is 0.122 e. The monoisotopic (exact) mass is 204 g/mol. The number of aromatic hydroxyl groups is 2. The zero-order chi connectivity index (χ0) is 10.7. The molecule has 3 nitrogen and oxygen atoms in total. The lowest BCUT2D eigenvalue weighted by Crippen LogP contribution is -1.89. The van der Waals surface area contributed by atoms with Crippen molar-refractivity contribution in [3.8, 4) is 11.5 Å². The maximum Gasteiger partial charge on any atom is 0.122 e. The number of hydrogen-bond acceptors (Lipinski definition) is 3. The first-order chi connectivity index (χ1) is 7.25. The molecule has 0 bridgehead atoms. The molecule has 0 saturated heterocycles. The molecule has 0 amide bonds. The molecule has 0 atom stereocenters. The summed E-state index contributed by atoms with van der Waals surface area (Å²) in [4.78, 5) is 0. The van der Waals surface area contributed by atoms with Crippen molar-refractivity contribution >= 4 is 0 Å². The van der Waals surface area contributed by atoms with Crippen molar-refractivity contribution in [2.45, 2.75) is 12.8 Å². The van der Waals surface area contributed by atoms with Crippen molar-refractivity contribution in [3.05, 3.63) is 47.9 Å². The van der Waals surface area contributed by atoms with Gasteiger partial charge in [0.1, 0.15) is 17.3 Å². The number of benzene rings is 1. The summed E-state index contributed by atoms with van der Waals surface area (Å²) in [7, 11) is 0. The molecule has 0 spiro atoms. The minimum absolute atomic E-state index is 0.0780. The lowest BCUT2D eigenvalue weighted by Gasteiger charge is -2.03. The van der Waals surface area contributed by atoms with Crippen molar-refractivity contribution in [1.82, 2.24) is 0 Å². The second kappa shape index (κ2) is 4.09. The van der Waals surface area contributed by atoms with Crippen LogP contribution in [0.3, 0.4) is 0 Å². The van der Waals surface area contributed by atoms with Gasteiger partial charge in [-0.1, -0.05) is 6.07 Å². The van der Waals surface area contributed by atoms with Gasteiger partial charge >= 0.3 is 0 Å². The second-order valence-electron chi connectivity index (χ2n) is 3.39. The Kier molecular flexibility index (Phi) is 2.63. The summed E-state index contributed by atoms with van der Waals surface area (Å²) in [5, 5.41) is 18.6. The van der Waals surface area contributed by atoms with Crippen LogP contribution in [0.1, 0.15) is 11.3 Å². The Morgan fingerprint density at radius 1 is 1.07 bits per heavy atom. The maximum absolute atomic E-state index is 9.53. The summed E-state index contributed by atoms with van der Waals surface area (Å²) in [5.41, 5.74) is 0.809. The highest BCUT2D eigenvalue weighted by atomic mass is 16.3. The first kappa shape index (κ1) is 9.65. The molecule has 0 aliphatic heterocycles. The van der Waals surface area contributed by atoms with E-state index >= 15 is 0 Å². The SMILES string of the molecule is Oc1ccc(CCc2ccco2)c(O)c1. The molecule has 2 aromatic rings. The van der Waals surface area contributed by atoms with Gasteiger partial charge in [-0.15, -0.1) is 0 Å². The minimum Gasteiger partial charge on any atom is -0.508 e. The molecule has 3 heteroatoms. The predicted octanol–water partition coefficient (Wildman–Crippen LogP) is 2.48. The number of hydrogen-bond donors (Lipinski definition) is 2. The fourth-order valence-electron chi connectivity index (χ4n) is 1.48. The van der Waals surface area contributed by atoms with E-state index < -0.39 is 0 Å². The van der Waals surface area contributed by atoms with Gasteiger partial charge in [0.25, 0.3) is 0 Å². The molecular formula is C12H12O3. The van der Waals surface area contributed by atoms with E-state index in [-0.39, 0.29) is 11.5 Å². The van der Waals surface area contributed by atoms with Crippen LogP contribution in [0.15, 0.2) is 41.0 Å². The fraction of sp³-hybridized carbons (Fsp3) is 0.167. The first-order valence-corrected chi connectivity index (χ1v) is 4.79. The van der Waals surface area contributed by atoms with Crippen LogP contribution < -0.4 is 0 Å². The van der Waals surface area contributed by atoms with Crippen LogP contribution in [0.5, 0.6) is 11.5 Å². The lowest BCUT2D eigenvalue weighted by molar-refractivity contribution is 0.444. The Bertz CT molecular complexity index is 432. The fourth-order valence-corrected chi connectivity index (χ4v) is 1.48. The third-order valence-corrected chi connectivity index (χ3v) is 2.29. The largest absolute Gasteiger partial charge is 0.508 e. The molecular weight excluding hydrogens is 192 g/mol. The summed E-state index contributed by atoms with van der Waals surface area (Å²) in [6, 6.07) is 8.37. The molecule has 0 aliphatic carbocycles. The number of phenols is 2. The average Bonchev–Trinajstić information content (AvgIpc) is 2.69. The topological polar surface area (TPSA) is 53.6 Å². The lowest BCUT2D eigenvalue weighted by atomic mass is 10.1. The average molecular weight is 204 g/mol. The van der Waals surface area contributed by atoms with E-state index in [1.54, 1.807) is 18.4 Å². The Labute approximate surface area is 87.6 Å². The van der Waals surface area contributed by atoms with Crippen molar-refractivity contribution in [2.24, 2.45) is 0 Å². The van der Waals surface area contributed by atoms with E-state index in [1.807, 2.05) is 12.1 Å². The highest BCUT2D eigenvalue weighted by molar-refractivity contribution is 5.39. The van der Waals surface area contributed by atoms with Crippen LogP contribution in [0.4, 0.5) is 0 Å². The molecule has 15 heavy (non-hydrogen) atoms. The summed E-state index contributed by atoms with van der Waals surface area (Å²) in [6.07, 6.45) is 3.07. The quantitative estimate of drug-likeness (QED) is 0.807. The zero-order valence-electron chi connectivity index (χ0n) is 8.18. The van der Waals surface area contributed by atoms with E-state index in [0.29, 0.717) is 6.42 Å². The Hall–Kier alpha value is -1.90. The van der Waals surface area contributed by atoms with Gasteiger partial charge in [0.15, 0.2) is 0 Å². The number of phenolic OH excluding ortho intramolecular Hbond substituents is 2. The first-order valence-electron chi connectivity index (χ1n) is 4.79. The Morgan fingerprint density at radius 2 is 1.93 bits per heavy atom. The highest BCUT2D eigenvalue weighted by Crippen LogP contribution is 2.23. The van der Waals surface area contributed by atoms with Gasteiger partial charge in [-0.25, -0.2) is 0 Å². The predicted molar refractivity (Wildman–Crippen MR) is 55.9 cm³/mol. The summed E-state index contributed by atoms with van der Waals surface area (Å²) in [6.45, 7) is 0. The molecule has 2 rings (SSSR count). The van der Waals surface area contributed by atoms with Gasteiger partial charge < -0.3 is 14.6 Å². The van der Waals surface area contributed by atoms with Gasteiger partial charge in [-0.05, 0) is 30.2 Å². The molecule has 1 aromatic carbocycles. The van der Waals surface area contributed by atoms with Gasteiger partial charge in [0.2, 0.25) is 0 Å². The van der Waals surface area contributed by atoms with Crippen LogP contribution in [0, 0.1) is 0 Å². The zero-order valence-corrected chi connectivity index (χ0v) is 8.18. The Balaban J connectivity index is 2.05. The van der Waals surface area contributed by atoms with Gasteiger partial charge in [0.05, 0.1) is 6.26 Å². The van der Waals surface area contributed by atoms with E-state index in [1.165, 1.54) is 6.07 Å². The molecule has 0 radical (unpaired) electrons. The van der Waals surface area contributed by atoms with Crippen molar-refractivity contribution < 1.29 is 14.6 Å². The molecule has 78 valence electrons.